The average Bonchev–Trinajstić information content (AvgIpc) is 3.39. The second kappa shape index (κ2) is 9.86. The van der Waals surface area contributed by atoms with E-state index in [1.807, 2.05) is 6.26 Å². The lowest BCUT2D eigenvalue weighted by atomic mass is 10.1. The number of ether oxygens (including phenoxy) is 4. The second-order valence-corrected chi connectivity index (χ2v) is 8.22. The van der Waals surface area contributed by atoms with Crippen molar-refractivity contribution in [3.8, 4) is 23.0 Å². The molecule has 2 aliphatic rings. The molecular formula is C23H21NO8S. The number of carbonyl (C=O) groups is 3. The highest BCUT2D eigenvalue weighted by Gasteiger charge is 2.28. The molecule has 1 amide bonds. The van der Waals surface area contributed by atoms with Crippen molar-refractivity contribution in [3.05, 3.63) is 53.3 Å². The number of amides is 1. The number of carboxylic acids is 1. The molecule has 2 aromatic carbocycles. The first-order chi connectivity index (χ1) is 15.9. The van der Waals surface area contributed by atoms with Crippen LogP contribution >= 0.6 is 11.8 Å². The minimum absolute atomic E-state index is 0.150. The standard InChI is InChI=1S/C23H21NO8S/c1-33-7-6-16(23(27)28)24-21(25)11-29-14-3-4-15-18(10-14)32-20(22(15)26)9-13-2-5-17-19(8-13)31-12-30-17/h2-5,8-10,16H,6-7,11-12H2,1H3,(H,24,25)(H,27,28)/b20-9-/t16-/m0/s1. The van der Waals surface area contributed by atoms with E-state index in [1.54, 1.807) is 36.4 Å². The van der Waals surface area contributed by atoms with E-state index in [0.717, 1.165) is 5.56 Å². The summed E-state index contributed by atoms with van der Waals surface area (Å²) in [6, 6.07) is 8.96. The summed E-state index contributed by atoms with van der Waals surface area (Å²) in [6.45, 7) is -0.207. The Morgan fingerprint density at radius 1 is 1.18 bits per heavy atom. The first kappa shape index (κ1) is 22.5. The number of carboxylic acid groups (broad SMARTS) is 1. The average molecular weight is 471 g/mol. The Hall–Kier alpha value is -3.66. The van der Waals surface area contributed by atoms with Crippen LogP contribution in [0.15, 0.2) is 42.2 Å². The zero-order valence-electron chi connectivity index (χ0n) is 17.7. The van der Waals surface area contributed by atoms with Gasteiger partial charge in [0.15, 0.2) is 23.9 Å². The third kappa shape index (κ3) is 5.23. The van der Waals surface area contributed by atoms with Crippen LogP contribution < -0.4 is 24.3 Å². The summed E-state index contributed by atoms with van der Waals surface area (Å²) in [5, 5.41) is 11.7. The van der Waals surface area contributed by atoms with Gasteiger partial charge in [0.1, 0.15) is 17.5 Å². The van der Waals surface area contributed by atoms with Crippen molar-refractivity contribution in [2.24, 2.45) is 0 Å². The Bertz CT molecular complexity index is 1130. The summed E-state index contributed by atoms with van der Waals surface area (Å²) in [7, 11) is 0. The van der Waals surface area contributed by atoms with Gasteiger partial charge in [-0.3, -0.25) is 9.59 Å². The third-order valence-electron chi connectivity index (χ3n) is 4.95. The number of benzene rings is 2. The molecule has 172 valence electrons. The van der Waals surface area contributed by atoms with Crippen LogP contribution in [0.25, 0.3) is 6.08 Å². The molecule has 9 nitrogen and oxygen atoms in total. The fourth-order valence-electron chi connectivity index (χ4n) is 3.29. The van der Waals surface area contributed by atoms with E-state index in [1.165, 1.54) is 17.8 Å². The number of thioether (sulfide) groups is 1. The summed E-state index contributed by atoms with van der Waals surface area (Å²) in [5.41, 5.74) is 1.10. The molecule has 2 N–H and O–H groups in total. The van der Waals surface area contributed by atoms with Crippen molar-refractivity contribution in [2.75, 3.05) is 25.4 Å². The van der Waals surface area contributed by atoms with Crippen LogP contribution in [-0.2, 0) is 9.59 Å². The summed E-state index contributed by atoms with van der Waals surface area (Å²) >= 11 is 1.50. The molecule has 0 aromatic heterocycles. The van der Waals surface area contributed by atoms with Gasteiger partial charge in [0, 0.05) is 6.07 Å². The van der Waals surface area contributed by atoms with Crippen LogP contribution in [0.2, 0.25) is 0 Å². The maximum atomic E-state index is 12.7. The monoisotopic (exact) mass is 471 g/mol. The number of hydrogen-bond acceptors (Lipinski definition) is 8. The van der Waals surface area contributed by atoms with Gasteiger partial charge >= 0.3 is 5.97 Å². The van der Waals surface area contributed by atoms with Crippen molar-refractivity contribution in [1.82, 2.24) is 5.32 Å². The van der Waals surface area contributed by atoms with E-state index >= 15 is 0 Å². The van der Waals surface area contributed by atoms with Crippen LogP contribution in [-0.4, -0.2) is 54.2 Å². The van der Waals surface area contributed by atoms with Crippen LogP contribution in [0.5, 0.6) is 23.0 Å². The van der Waals surface area contributed by atoms with E-state index in [4.69, 9.17) is 18.9 Å². The Morgan fingerprint density at radius 2 is 2.00 bits per heavy atom. The van der Waals surface area contributed by atoms with Gasteiger partial charge in [-0.2, -0.15) is 11.8 Å². The molecule has 0 saturated carbocycles. The topological polar surface area (TPSA) is 120 Å². The van der Waals surface area contributed by atoms with Crippen LogP contribution in [0.4, 0.5) is 0 Å². The molecule has 0 saturated heterocycles. The normalized spacial score (nSPS) is 15.7. The van der Waals surface area contributed by atoms with Crippen molar-refractivity contribution >= 4 is 35.5 Å². The molecule has 0 radical (unpaired) electrons. The first-order valence-electron chi connectivity index (χ1n) is 10.1. The highest BCUT2D eigenvalue weighted by Crippen LogP contribution is 2.37. The molecule has 0 bridgehead atoms. The van der Waals surface area contributed by atoms with Gasteiger partial charge in [-0.05, 0) is 54.3 Å². The Kier molecular flexibility index (Phi) is 6.74. The maximum Gasteiger partial charge on any atom is 0.326 e. The lowest BCUT2D eigenvalue weighted by Crippen LogP contribution is -2.43. The van der Waals surface area contributed by atoms with E-state index in [9.17, 15) is 19.5 Å². The summed E-state index contributed by atoms with van der Waals surface area (Å²) < 4.78 is 21.8. The molecule has 10 heteroatoms. The van der Waals surface area contributed by atoms with Gasteiger partial charge < -0.3 is 29.4 Å². The number of carbonyl (C=O) groups excluding carboxylic acids is 2. The molecule has 0 spiro atoms. The minimum atomic E-state index is -1.09. The number of ketones is 1. The fourth-order valence-corrected chi connectivity index (χ4v) is 3.76. The van der Waals surface area contributed by atoms with Crippen LogP contribution in [0.3, 0.4) is 0 Å². The lowest BCUT2D eigenvalue weighted by Gasteiger charge is -2.14. The predicted molar refractivity (Wildman–Crippen MR) is 120 cm³/mol. The van der Waals surface area contributed by atoms with Crippen molar-refractivity contribution in [3.63, 3.8) is 0 Å². The third-order valence-corrected chi connectivity index (χ3v) is 5.59. The van der Waals surface area contributed by atoms with Gasteiger partial charge in [0.2, 0.25) is 12.6 Å². The Morgan fingerprint density at radius 3 is 2.79 bits per heavy atom. The quantitative estimate of drug-likeness (QED) is 0.532. The Labute approximate surface area is 193 Å². The lowest BCUT2D eigenvalue weighted by molar-refractivity contribution is -0.142. The van der Waals surface area contributed by atoms with E-state index in [-0.39, 0.29) is 24.9 Å². The zero-order valence-corrected chi connectivity index (χ0v) is 18.5. The number of rotatable bonds is 9. The number of allylic oxidation sites excluding steroid dienone is 1. The highest BCUT2D eigenvalue weighted by atomic mass is 32.2. The van der Waals surface area contributed by atoms with Crippen LogP contribution in [0, 0.1) is 0 Å². The van der Waals surface area contributed by atoms with Gasteiger partial charge in [0.05, 0.1) is 5.56 Å². The summed E-state index contributed by atoms with van der Waals surface area (Å²) in [5.74, 6) is 0.708. The van der Waals surface area contributed by atoms with E-state index in [2.05, 4.69) is 5.32 Å². The van der Waals surface area contributed by atoms with Gasteiger partial charge in [-0.15, -0.1) is 0 Å². The van der Waals surface area contributed by atoms with E-state index < -0.39 is 17.9 Å². The van der Waals surface area contributed by atoms with Gasteiger partial charge in [-0.25, -0.2) is 4.79 Å². The molecule has 2 aromatic rings. The van der Waals surface area contributed by atoms with E-state index in [0.29, 0.717) is 40.7 Å². The number of hydrogen-bond donors (Lipinski definition) is 2. The SMILES string of the molecule is CSCC[C@H](NC(=O)COc1ccc2c(c1)O/C(=C\c1ccc3c(c1)OCO3)C2=O)C(=O)O. The molecule has 4 rings (SSSR count). The highest BCUT2D eigenvalue weighted by molar-refractivity contribution is 7.98. The zero-order chi connectivity index (χ0) is 23.4. The molecule has 1 atom stereocenters. The first-order valence-corrected chi connectivity index (χ1v) is 11.5. The number of aliphatic carboxylic acids is 1. The smallest absolute Gasteiger partial charge is 0.326 e. The number of nitrogens with one attached hydrogen (secondary N) is 1. The predicted octanol–water partition coefficient (Wildman–Crippen LogP) is 2.73. The number of fused-ring (bicyclic) bond motifs is 2. The molecule has 0 aliphatic carbocycles. The summed E-state index contributed by atoms with van der Waals surface area (Å²) in [6.07, 6.45) is 3.79. The molecule has 2 aliphatic heterocycles. The fraction of sp³-hybridized carbons (Fsp3) is 0.261. The van der Waals surface area contributed by atoms with Crippen LogP contribution in [0.1, 0.15) is 22.3 Å². The van der Waals surface area contributed by atoms with Crippen molar-refractivity contribution < 1.29 is 38.4 Å². The number of Topliss-reactive ketones (excluding diaryl/α,β-unsaturated/α-hetero) is 1. The van der Waals surface area contributed by atoms with Crippen molar-refractivity contribution in [2.45, 2.75) is 12.5 Å². The van der Waals surface area contributed by atoms with Crippen molar-refractivity contribution in [1.29, 1.82) is 0 Å². The maximum absolute atomic E-state index is 12.7. The molecule has 0 fully saturated rings. The largest absolute Gasteiger partial charge is 0.484 e. The molecule has 0 unspecified atom stereocenters. The summed E-state index contributed by atoms with van der Waals surface area (Å²) in [4.78, 5) is 36.0. The molecular weight excluding hydrogens is 450 g/mol. The van der Waals surface area contributed by atoms with Gasteiger partial charge in [0.25, 0.3) is 5.91 Å². The molecule has 33 heavy (non-hydrogen) atoms. The molecule has 2 heterocycles. The second-order valence-electron chi connectivity index (χ2n) is 7.24. The Balaban J connectivity index is 1.38. The van der Waals surface area contributed by atoms with Gasteiger partial charge in [-0.1, -0.05) is 6.07 Å². The minimum Gasteiger partial charge on any atom is -0.484 e.